The Balaban J connectivity index is 2.07. The van der Waals surface area contributed by atoms with Crippen molar-refractivity contribution in [3.05, 3.63) is 40.3 Å². The highest BCUT2D eigenvalue weighted by Crippen LogP contribution is 2.32. The Bertz CT molecular complexity index is 666. The molecule has 0 aromatic heterocycles. The van der Waals surface area contributed by atoms with Crippen LogP contribution in [0, 0.1) is 0 Å². The van der Waals surface area contributed by atoms with Crippen molar-refractivity contribution in [2.24, 2.45) is 0 Å². The Morgan fingerprint density at radius 2 is 1.92 bits per heavy atom. The minimum atomic E-state index is -0.569. The third-order valence-electron chi connectivity index (χ3n) is 3.75. The van der Waals surface area contributed by atoms with E-state index in [4.69, 9.17) is 4.74 Å². The highest BCUT2D eigenvalue weighted by atomic mass is 32.2. The molecule has 6 heteroatoms. The van der Waals surface area contributed by atoms with Gasteiger partial charge in [-0.1, -0.05) is 38.1 Å². The van der Waals surface area contributed by atoms with E-state index in [1.807, 2.05) is 31.2 Å². The Kier molecular flexibility index (Phi) is 6.20. The molecule has 1 atom stereocenters. The third-order valence-corrected chi connectivity index (χ3v) is 4.66. The van der Waals surface area contributed by atoms with Crippen molar-refractivity contribution in [1.29, 1.82) is 0 Å². The van der Waals surface area contributed by atoms with Crippen molar-refractivity contribution in [3.63, 3.8) is 0 Å². The molecule has 1 aliphatic rings. The number of benzene rings is 1. The second-order valence-electron chi connectivity index (χ2n) is 5.57. The van der Waals surface area contributed by atoms with E-state index in [9.17, 15) is 14.4 Å². The molecule has 5 nitrogen and oxygen atoms in total. The van der Waals surface area contributed by atoms with Gasteiger partial charge in [0, 0.05) is 0 Å². The average Bonchev–Trinajstić information content (AvgIpc) is 2.83. The van der Waals surface area contributed by atoms with Gasteiger partial charge in [-0.15, -0.1) is 0 Å². The maximum atomic E-state index is 12.3. The van der Waals surface area contributed by atoms with Gasteiger partial charge >= 0.3 is 5.97 Å². The van der Waals surface area contributed by atoms with Gasteiger partial charge in [0.2, 0.25) is 0 Å². The molecule has 2 rings (SSSR count). The molecule has 1 saturated heterocycles. The number of hydrogen-bond donors (Lipinski definition) is 0. The Labute approximate surface area is 146 Å². The molecular formula is C18H21NO4S. The van der Waals surface area contributed by atoms with Crippen molar-refractivity contribution in [3.8, 4) is 0 Å². The second-order valence-corrected chi connectivity index (χ2v) is 6.56. The van der Waals surface area contributed by atoms with Gasteiger partial charge in [-0.3, -0.25) is 19.3 Å². The summed E-state index contributed by atoms with van der Waals surface area (Å²) in [7, 11) is 0. The van der Waals surface area contributed by atoms with Crippen LogP contribution in [0.15, 0.2) is 29.2 Å². The topological polar surface area (TPSA) is 63.7 Å². The Hall–Kier alpha value is -2.08. The van der Waals surface area contributed by atoms with Gasteiger partial charge < -0.3 is 4.74 Å². The number of aryl methyl sites for hydroxylation is 1. The van der Waals surface area contributed by atoms with Crippen LogP contribution in [0.2, 0.25) is 0 Å². The first-order chi connectivity index (χ1) is 11.4. The Morgan fingerprint density at radius 3 is 2.50 bits per heavy atom. The zero-order valence-electron chi connectivity index (χ0n) is 14.1. The molecule has 1 aromatic rings. The number of imide groups is 1. The summed E-state index contributed by atoms with van der Waals surface area (Å²) in [5.41, 5.74) is 2.05. The molecule has 0 N–H and O–H groups in total. The molecule has 0 saturated carbocycles. The van der Waals surface area contributed by atoms with Gasteiger partial charge in [0.05, 0.1) is 11.0 Å². The summed E-state index contributed by atoms with van der Waals surface area (Å²) in [6.07, 6.45) is 3.06. The molecule has 0 aliphatic carbocycles. The van der Waals surface area contributed by atoms with E-state index in [1.54, 1.807) is 13.0 Å². The van der Waals surface area contributed by atoms with Crippen molar-refractivity contribution in [2.75, 3.05) is 6.54 Å². The molecule has 2 amide bonds. The summed E-state index contributed by atoms with van der Waals surface area (Å²) in [5.74, 6) is -1.02. The van der Waals surface area contributed by atoms with Crippen LogP contribution in [0.25, 0.3) is 6.08 Å². The lowest BCUT2D eigenvalue weighted by molar-refractivity contribution is -0.150. The quantitative estimate of drug-likeness (QED) is 0.581. The number of nitrogens with zero attached hydrogens (tertiary/aromatic N) is 1. The molecule has 1 aliphatic heterocycles. The summed E-state index contributed by atoms with van der Waals surface area (Å²) >= 11 is 0.844. The monoisotopic (exact) mass is 347 g/mol. The minimum Gasteiger partial charge on any atom is -0.461 e. The van der Waals surface area contributed by atoms with Crippen LogP contribution >= 0.6 is 11.8 Å². The smallest absolute Gasteiger partial charge is 0.326 e. The molecule has 0 spiro atoms. The summed E-state index contributed by atoms with van der Waals surface area (Å²) in [6.45, 7) is 5.39. The van der Waals surface area contributed by atoms with E-state index in [0.717, 1.165) is 28.6 Å². The van der Waals surface area contributed by atoms with E-state index in [1.165, 1.54) is 5.56 Å². The highest BCUT2D eigenvalue weighted by Gasteiger charge is 2.36. The van der Waals surface area contributed by atoms with Crippen LogP contribution in [-0.2, 0) is 20.7 Å². The minimum absolute atomic E-state index is 0.231. The largest absolute Gasteiger partial charge is 0.461 e. The van der Waals surface area contributed by atoms with Gasteiger partial charge in [0.15, 0.2) is 0 Å². The average molecular weight is 347 g/mol. The first-order valence-corrected chi connectivity index (χ1v) is 8.80. The maximum absolute atomic E-state index is 12.3. The van der Waals surface area contributed by atoms with Crippen LogP contribution in [-0.4, -0.2) is 34.7 Å². The molecule has 1 fully saturated rings. The molecule has 0 bridgehead atoms. The fourth-order valence-corrected chi connectivity index (χ4v) is 2.95. The number of amides is 2. The normalized spacial score (nSPS) is 17.5. The summed E-state index contributed by atoms with van der Waals surface area (Å²) in [6, 6.07) is 7.78. The highest BCUT2D eigenvalue weighted by molar-refractivity contribution is 8.18. The molecule has 1 aromatic carbocycles. The molecular weight excluding hydrogens is 326 g/mol. The fraction of sp³-hybridized carbons (Fsp3) is 0.389. The number of esters is 1. The molecule has 1 heterocycles. The van der Waals surface area contributed by atoms with Gasteiger partial charge in [0.25, 0.3) is 11.1 Å². The van der Waals surface area contributed by atoms with Crippen molar-refractivity contribution >= 4 is 35.0 Å². The molecule has 24 heavy (non-hydrogen) atoms. The summed E-state index contributed by atoms with van der Waals surface area (Å²) < 4.78 is 5.12. The van der Waals surface area contributed by atoms with E-state index in [0.29, 0.717) is 11.3 Å². The third kappa shape index (κ3) is 4.47. The van der Waals surface area contributed by atoms with Gasteiger partial charge in [-0.2, -0.15) is 0 Å². The van der Waals surface area contributed by atoms with E-state index in [2.05, 4.69) is 6.92 Å². The second kappa shape index (κ2) is 8.15. The van der Waals surface area contributed by atoms with E-state index in [-0.39, 0.29) is 12.6 Å². The predicted octanol–water partition coefficient (Wildman–Crippen LogP) is 3.63. The van der Waals surface area contributed by atoms with Crippen LogP contribution in [0.5, 0.6) is 0 Å². The van der Waals surface area contributed by atoms with Gasteiger partial charge in [0.1, 0.15) is 6.54 Å². The lowest BCUT2D eigenvalue weighted by Gasteiger charge is -2.14. The number of carbonyl (C=O) groups excluding carboxylic acids is 3. The zero-order valence-corrected chi connectivity index (χ0v) is 14.9. The molecule has 0 unspecified atom stereocenters. The SMILES string of the molecule is CCc1ccc(/C=C2\SC(=O)N(CC(=O)O[C@@H](C)CC)C2=O)cc1. The van der Waals surface area contributed by atoms with Crippen molar-refractivity contribution < 1.29 is 19.1 Å². The summed E-state index contributed by atoms with van der Waals surface area (Å²) in [4.78, 5) is 37.4. The van der Waals surface area contributed by atoms with Gasteiger partial charge in [-0.25, -0.2) is 0 Å². The number of ether oxygens (including phenoxy) is 1. The standard InChI is InChI=1S/C18H21NO4S/c1-4-12(3)23-16(20)11-19-17(21)15(24-18(19)22)10-14-8-6-13(5-2)7-9-14/h6-10,12H,4-5,11H2,1-3H3/b15-10-/t12-/m0/s1. The summed E-state index contributed by atoms with van der Waals surface area (Å²) in [5, 5.41) is -0.447. The molecule has 128 valence electrons. The zero-order chi connectivity index (χ0) is 17.7. The fourth-order valence-electron chi connectivity index (χ4n) is 2.11. The number of thioether (sulfide) groups is 1. The van der Waals surface area contributed by atoms with Crippen LogP contribution in [0.3, 0.4) is 0 Å². The first-order valence-electron chi connectivity index (χ1n) is 7.98. The van der Waals surface area contributed by atoms with Crippen LogP contribution in [0.4, 0.5) is 4.79 Å². The number of hydrogen-bond acceptors (Lipinski definition) is 5. The van der Waals surface area contributed by atoms with Crippen molar-refractivity contribution in [1.82, 2.24) is 4.90 Å². The lowest BCUT2D eigenvalue weighted by atomic mass is 10.1. The van der Waals surface area contributed by atoms with Gasteiger partial charge in [-0.05, 0) is 48.7 Å². The number of rotatable bonds is 6. The first kappa shape index (κ1) is 18.3. The predicted molar refractivity (Wildman–Crippen MR) is 94.3 cm³/mol. The lowest BCUT2D eigenvalue weighted by Crippen LogP contribution is -2.35. The Morgan fingerprint density at radius 1 is 1.25 bits per heavy atom. The van der Waals surface area contributed by atoms with Crippen molar-refractivity contribution in [2.45, 2.75) is 39.7 Å². The number of carbonyl (C=O) groups is 3. The van der Waals surface area contributed by atoms with E-state index < -0.39 is 17.1 Å². The van der Waals surface area contributed by atoms with Crippen LogP contribution < -0.4 is 0 Å². The maximum Gasteiger partial charge on any atom is 0.326 e. The van der Waals surface area contributed by atoms with Crippen LogP contribution in [0.1, 0.15) is 38.3 Å². The van der Waals surface area contributed by atoms with E-state index >= 15 is 0 Å². The molecule has 0 radical (unpaired) electrons.